The number of allylic oxidation sites excluding steroid dienone is 4. The first kappa shape index (κ1) is 104. The number of hydrogen-bond donors (Lipinski definition) is 0. The Hall–Kier alpha value is -3.76. The molecule has 18 nitrogen and oxygen atoms in total. The minimum absolute atomic E-state index is 0.0609. The average molecular weight is 1830 g/mol. The lowest BCUT2D eigenvalue weighted by atomic mass is 9.43. The quantitative estimate of drug-likeness (QED) is 0.0308. The van der Waals surface area contributed by atoms with Gasteiger partial charge in [0.15, 0.2) is 23.9 Å². The van der Waals surface area contributed by atoms with Crippen LogP contribution < -0.4 is 0 Å². The van der Waals surface area contributed by atoms with E-state index in [2.05, 4.69) is 109 Å². The molecule has 0 bridgehead atoms. The highest BCUT2D eigenvalue weighted by Crippen LogP contribution is 2.75. The molecular weight excluding hydrogens is 1650 g/mol. The maximum atomic E-state index is 15.2. The second-order valence-corrected chi connectivity index (χ2v) is 48.1. The van der Waals surface area contributed by atoms with Gasteiger partial charge >= 0.3 is 23.9 Å². The van der Waals surface area contributed by atoms with Crippen molar-refractivity contribution in [2.24, 2.45) is 185 Å². The van der Waals surface area contributed by atoms with Crippen LogP contribution >= 0.6 is 0 Å². The molecule has 0 spiro atoms. The number of hydrogen-bond acceptors (Lipinski definition) is 18. The third-order valence-corrected chi connectivity index (χ3v) is 42.8. The molecule has 0 aromatic heterocycles. The van der Waals surface area contributed by atoms with Gasteiger partial charge in [0, 0.05) is 72.9 Å². The van der Waals surface area contributed by atoms with Crippen LogP contribution in [0.3, 0.4) is 0 Å². The first-order valence-electron chi connectivity index (χ1n) is 52.2. The summed E-state index contributed by atoms with van der Waals surface area (Å²) in [4.78, 5) is 71.6. The van der Waals surface area contributed by atoms with Crippen LogP contribution in [0.1, 0.15) is 328 Å². The van der Waals surface area contributed by atoms with E-state index in [0.29, 0.717) is 199 Å². The van der Waals surface area contributed by atoms with Crippen molar-refractivity contribution in [3.63, 3.8) is 0 Å². The summed E-state index contributed by atoms with van der Waals surface area (Å²) in [5.41, 5.74) is 4.79. The first-order valence-corrected chi connectivity index (χ1v) is 52.2. The lowest BCUT2D eigenvalue weighted by molar-refractivity contribution is -0.210. The summed E-state index contributed by atoms with van der Waals surface area (Å²) in [5, 5.41) is 0. The zero-order valence-corrected chi connectivity index (χ0v) is 84.9. The van der Waals surface area contributed by atoms with E-state index in [9.17, 15) is 33.2 Å². The largest absolute Gasteiger partial charge is 0.469 e. The molecule has 0 N–H and O–H groups in total. The number of esters is 4. The van der Waals surface area contributed by atoms with E-state index in [1.54, 1.807) is 39.6 Å². The fourth-order valence-electron chi connectivity index (χ4n) is 35.8. The highest BCUT2D eigenvalue weighted by Gasteiger charge is 2.70. The molecule has 16 rings (SSSR count). The second kappa shape index (κ2) is 42.9. The third-order valence-electron chi connectivity index (χ3n) is 42.8. The Morgan fingerprint density at radius 2 is 0.685 bits per heavy atom. The van der Waals surface area contributed by atoms with Crippen LogP contribution in [0.4, 0.5) is 8.78 Å². The fourth-order valence-corrected chi connectivity index (χ4v) is 35.8. The van der Waals surface area contributed by atoms with Gasteiger partial charge in [0.1, 0.15) is 27.2 Å². The highest BCUT2D eigenvalue weighted by molar-refractivity contribution is 5.85. The minimum Gasteiger partial charge on any atom is -0.469 e. The number of carbonyl (C=O) groups is 6. The molecule has 38 atom stereocenters. The Labute approximate surface area is 783 Å². The van der Waals surface area contributed by atoms with Gasteiger partial charge in [-0.3, -0.25) is 28.8 Å². The van der Waals surface area contributed by atoms with Crippen LogP contribution in [0, 0.1) is 185 Å². The van der Waals surface area contributed by atoms with Crippen LogP contribution in [0.25, 0.3) is 0 Å². The lowest BCUT2D eigenvalue weighted by Crippen LogP contribution is -2.61. The van der Waals surface area contributed by atoms with E-state index in [-0.39, 0.29) is 94.7 Å². The van der Waals surface area contributed by atoms with Gasteiger partial charge in [-0.1, -0.05) is 106 Å². The fraction of sp³-hybridized carbons (Fsp3) is 0.909. The number of Topliss-reactive ketones (excluding diaryl/α,β-unsaturated/α-hetero) is 2. The topological polar surface area (TPSA) is 213 Å². The standard InChI is InChI=1S/2C28H46O4.2C27H43FO5/c2*1-18-11-13-27(3)20(15-18)16-24(32-17-30-5)26-22-9-8-21(19(2)7-10-25(29)31-6)28(22,4)14-12-23(26)27;1-16(6-9-23(30)32-5)17-7-8-18-24-19(10-12-26(17,18)2)27(3)13-11-21(29)25(28)20(27)14-22(24)33-15-31-4;1-16(6-9-24(30)32-5)18-7-8-19-25-20(10-11-26(18,19)2)27(3)14-21(28)22(29)12-17(27)13-23(25)33-15-31-4/h15,19-24,26H,7-14,16-17H2,1-6H3;11,19-24,26H,7-10,12-17H2,1-6H3;16-20,22,24-25H,6-15H2,1-5H3;16-21,23,25H,6-15H2,1-5H3/t2*19-,20+,21-,22?,23?,24-,26?,27+,28-;16-,17-,18?,19?,20-,22-,24?,25-,26-,27-;16-,17+,18-,19?,20?,21+,23-,25?,26-,27+/m1111/s1. The zero-order valence-electron chi connectivity index (χ0n) is 84.9. The molecule has 16 aliphatic rings. The van der Waals surface area contributed by atoms with E-state index < -0.39 is 12.3 Å². The maximum absolute atomic E-state index is 15.2. The van der Waals surface area contributed by atoms with Crippen molar-refractivity contribution in [2.45, 2.75) is 365 Å². The van der Waals surface area contributed by atoms with Gasteiger partial charge < -0.3 is 56.8 Å². The molecule has 0 amide bonds. The van der Waals surface area contributed by atoms with Gasteiger partial charge in [0.05, 0.1) is 52.9 Å². The smallest absolute Gasteiger partial charge is 0.305 e. The Morgan fingerprint density at radius 3 is 1.05 bits per heavy atom. The summed E-state index contributed by atoms with van der Waals surface area (Å²) >= 11 is 0. The molecule has 20 heteroatoms. The van der Waals surface area contributed by atoms with Crippen molar-refractivity contribution in [1.29, 1.82) is 0 Å². The predicted molar refractivity (Wildman–Crippen MR) is 500 cm³/mol. The van der Waals surface area contributed by atoms with Crippen LogP contribution in [0.2, 0.25) is 0 Å². The normalized spacial score (nSPS) is 44.9. The number of carbonyl (C=O) groups excluding carboxylic acids is 6. The Kier molecular flexibility index (Phi) is 34.2. The Morgan fingerprint density at radius 1 is 0.362 bits per heavy atom. The molecule has 14 fully saturated rings. The van der Waals surface area contributed by atoms with E-state index >= 15 is 4.39 Å². The van der Waals surface area contributed by atoms with Crippen molar-refractivity contribution in [3.8, 4) is 0 Å². The van der Waals surface area contributed by atoms with Gasteiger partial charge in [-0.15, -0.1) is 0 Å². The lowest BCUT2D eigenvalue weighted by Gasteiger charge is -2.62. The molecule has 0 heterocycles. The van der Waals surface area contributed by atoms with Crippen molar-refractivity contribution in [1.82, 2.24) is 0 Å². The van der Waals surface area contributed by atoms with Gasteiger partial charge in [-0.25, -0.2) is 8.78 Å². The molecule has 14 saturated carbocycles. The molecular formula is C110H178F2O18. The number of alkyl halides is 2. The van der Waals surface area contributed by atoms with Crippen molar-refractivity contribution >= 4 is 35.4 Å². The van der Waals surface area contributed by atoms with Gasteiger partial charge in [-0.2, -0.15) is 0 Å². The van der Waals surface area contributed by atoms with Crippen LogP contribution in [0.15, 0.2) is 23.3 Å². The van der Waals surface area contributed by atoms with Gasteiger partial charge in [0.25, 0.3) is 0 Å². The molecule has 0 aliphatic heterocycles. The number of ketones is 2. The van der Waals surface area contributed by atoms with Crippen LogP contribution in [-0.4, -0.2) is 156 Å². The van der Waals surface area contributed by atoms with E-state index in [0.717, 1.165) is 113 Å². The second-order valence-electron chi connectivity index (χ2n) is 48.1. The van der Waals surface area contributed by atoms with Gasteiger partial charge in [-0.05, 0) is 386 Å². The van der Waals surface area contributed by atoms with Crippen LogP contribution in [-0.2, 0) is 85.6 Å². The summed E-state index contributed by atoms with van der Waals surface area (Å²) in [6, 6.07) is 0. The number of halogens is 2. The number of methoxy groups -OCH3 is 8. The summed E-state index contributed by atoms with van der Waals surface area (Å²) in [6.07, 6.45) is 39.1. The van der Waals surface area contributed by atoms with E-state index in [4.69, 9.17) is 56.8 Å². The summed E-state index contributed by atoms with van der Waals surface area (Å²) in [7, 11) is 12.7. The predicted octanol–water partition coefficient (Wildman–Crippen LogP) is 23.5. The molecule has 130 heavy (non-hydrogen) atoms. The Balaban J connectivity index is 0.000000148. The van der Waals surface area contributed by atoms with Gasteiger partial charge in [0.2, 0.25) is 0 Å². The monoisotopic (exact) mass is 1830 g/mol. The van der Waals surface area contributed by atoms with E-state index in [1.807, 2.05) is 0 Å². The zero-order chi connectivity index (χ0) is 94.1. The van der Waals surface area contributed by atoms with E-state index in [1.165, 1.54) is 125 Å². The molecule has 0 aromatic carbocycles. The van der Waals surface area contributed by atoms with Crippen molar-refractivity contribution < 1.29 is 94.4 Å². The molecule has 740 valence electrons. The Bertz CT molecular complexity index is 3750. The average Bonchev–Trinajstić information content (AvgIpc) is 1.42. The third kappa shape index (κ3) is 20.0. The molecule has 0 aromatic rings. The molecule has 12 unspecified atom stereocenters. The maximum Gasteiger partial charge on any atom is 0.305 e. The molecule has 16 aliphatic carbocycles. The highest BCUT2D eigenvalue weighted by atomic mass is 19.1. The number of fused-ring (bicyclic) bond motifs is 20. The summed E-state index contributed by atoms with van der Waals surface area (Å²) < 4.78 is 96.3. The summed E-state index contributed by atoms with van der Waals surface area (Å²) in [5.74, 6) is 11.8. The minimum atomic E-state index is -1.36. The van der Waals surface area contributed by atoms with Crippen LogP contribution in [0.5, 0.6) is 0 Å². The number of ether oxygens (including phenoxy) is 12. The SMILES string of the molecule is COCO[C@@H]1C[C@@H]2C=C(C)CC[C@]2(C)C2CC[C@@]3(C)C(CC[C@@H]3[C@H](C)CCC(=O)OC)C21.COCO[C@@H]1C[C@@H]2CC(=O)[C@@H](F)C[C@]2(C)C2CC[C@@]3(C)C(CC[C@@H]3[C@H](C)CCC(=O)OC)C21.COCO[C@@H]1C[C@@H]2CC(C)=CC[C@]2(C)C2CC[C@@]3(C)C(CC[C@@H]3[C@H](C)CCC(=O)OC)C21.COCO[C@@H]1C[C@@H]2[C@@H](F)C(=O)CC[C@]2(C)C2CC[C@@]3(C)C(CC[C@@H]3[C@H](C)CCC(=O)OC)C21. The summed E-state index contributed by atoms with van der Waals surface area (Å²) in [6.45, 7) is 35.0. The molecule has 0 radical (unpaired) electrons. The molecule has 0 saturated heterocycles. The van der Waals surface area contributed by atoms with Crippen molar-refractivity contribution in [3.05, 3.63) is 23.3 Å². The van der Waals surface area contributed by atoms with Crippen molar-refractivity contribution in [2.75, 3.05) is 84.1 Å². The number of rotatable bonds is 28. The first-order chi connectivity index (χ1) is 61.8.